The van der Waals surface area contributed by atoms with Crippen LogP contribution in [0.25, 0.3) is 0 Å². The topological polar surface area (TPSA) is 46.6 Å². The van der Waals surface area contributed by atoms with Gasteiger partial charge in [-0.3, -0.25) is 4.79 Å². The molecule has 2 unspecified atom stereocenters. The molecule has 3 rings (SSSR count). The second kappa shape index (κ2) is 4.96. The summed E-state index contributed by atoms with van der Waals surface area (Å²) >= 11 is 0. The van der Waals surface area contributed by atoms with Crippen LogP contribution in [0, 0.1) is 11.8 Å². The number of rotatable bonds is 5. The first-order valence-corrected chi connectivity index (χ1v) is 6.57. The van der Waals surface area contributed by atoms with Crippen molar-refractivity contribution in [3.05, 3.63) is 48.3 Å². The summed E-state index contributed by atoms with van der Waals surface area (Å²) in [6, 6.07) is 7.45. The van der Waals surface area contributed by atoms with E-state index in [1.165, 1.54) is 0 Å². The maximum atomic E-state index is 12.4. The van der Waals surface area contributed by atoms with Crippen LogP contribution in [0.2, 0.25) is 0 Å². The second-order valence-electron chi connectivity index (χ2n) is 5.17. The van der Waals surface area contributed by atoms with E-state index >= 15 is 0 Å². The third-order valence-corrected chi connectivity index (χ3v) is 3.59. The van der Waals surface area contributed by atoms with E-state index in [0.29, 0.717) is 19.0 Å². The van der Waals surface area contributed by atoms with Crippen molar-refractivity contribution in [3.8, 4) is 0 Å². The highest BCUT2D eigenvalue weighted by Crippen LogP contribution is 2.39. The van der Waals surface area contributed by atoms with Gasteiger partial charge < -0.3 is 13.7 Å². The molecule has 1 saturated carbocycles. The highest BCUT2D eigenvalue weighted by atomic mass is 16.3. The molecule has 1 amide bonds. The van der Waals surface area contributed by atoms with E-state index in [0.717, 1.165) is 17.9 Å². The molecule has 4 nitrogen and oxygen atoms in total. The van der Waals surface area contributed by atoms with Crippen LogP contribution in [0.1, 0.15) is 24.9 Å². The lowest BCUT2D eigenvalue weighted by molar-refractivity contribution is -0.134. The molecule has 2 heterocycles. The molecule has 0 aliphatic heterocycles. The minimum Gasteiger partial charge on any atom is -0.467 e. The Morgan fingerprint density at radius 1 is 1.21 bits per heavy atom. The minimum absolute atomic E-state index is 0.171. The van der Waals surface area contributed by atoms with E-state index in [2.05, 4.69) is 6.92 Å². The highest BCUT2D eigenvalue weighted by molar-refractivity contribution is 5.81. The van der Waals surface area contributed by atoms with Crippen LogP contribution in [-0.2, 0) is 17.9 Å². The molecule has 4 heteroatoms. The summed E-state index contributed by atoms with van der Waals surface area (Å²) in [5, 5.41) is 0. The summed E-state index contributed by atoms with van der Waals surface area (Å²) in [5.74, 6) is 2.47. The zero-order valence-corrected chi connectivity index (χ0v) is 10.9. The van der Waals surface area contributed by atoms with Gasteiger partial charge in [-0.2, -0.15) is 0 Å². The lowest BCUT2D eigenvalue weighted by atomic mass is 10.2. The highest BCUT2D eigenvalue weighted by Gasteiger charge is 2.41. The lowest BCUT2D eigenvalue weighted by Crippen LogP contribution is -2.31. The van der Waals surface area contributed by atoms with Gasteiger partial charge in [0.2, 0.25) is 5.91 Å². The van der Waals surface area contributed by atoms with E-state index in [-0.39, 0.29) is 11.8 Å². The van der Waals surface area contributed by atoms with Gasteiger partial charge in [-0.15, -0.1) is 0 Å². The average Bonchev–Trinajstić information content (AvgIpc) is 2.88. The molecule has 0 radical (unpaired) electrons. The van der Waals surface area contributed by atoms with Gasteiger partial charge in [-0.1, -0.05) is 6.92 Å². The zero-order valence-electron chi connectivity index (χ0n) is 10.9. The molecular formula is C15H17NO3. The molecule has 2 aromatic rings. The molecule has 1 aliphatic rings. The summed E-state index contributed by atoms with van der Waals surface area (Å²) < 4.78 is 10.7. The summed E-state index contributed by atoms with van der Waals surface area (Å²) in [6.07, 6.45) is 4.25. The maximum absolute atomic E-state index is 12.4. The molecule has 100 valence electrons. The van der Waals surface area contributed by atoms with E-state index < -0.39 is 0 Å². The Hall–Kier alpha value is -1.97. The fourth-order valence-corrected chi connectivity index (χ4v) is 2.29. The number of furan rings is 2. The van der Waals surface area contributed by atoms with Gasteiger partial charge in [0, 0.05) is 5.92 Å². The van der Waals surface area contributed by atoms with E-state index in [9.17, 15) is 4.79 Å². The van der Waals surface area contributed by atoms with Crippen molar-refractivity contribution in [2.45, 2.75) is 26.4 Å². The second-order valence-corrected chi connectivity index (χ2v) is 5.17. The van der Waals surface area contributed by atoms with Gasteiger partial charge in [-0.25, -0.2) is 0 Å². The van der Waals surface area contributed by atoms with Crippen LogP contribution in [0.3, 0.4) is 0 Å². The van der Waals surface area contributed by atoms with E-state index in [1.54, 1.807) is 12.5 Å². The lowest BCUT2D eigenvalue weighted by Gasteiger charge is -2.20. The normalized spacial score (nSPS) is 21.3. The minimum atomic E-state index is 0.171. The molecule has 1 aliphatic carbocycles. The molecule has 0 saturated heterocycles. The predicted molar refractivity (Wildman–Crippen MR) is 68.9 cm³/mol. The summed E-state index contributed by atoms with van der Waals surface area (Å²) in [5.41, 5.74) is 0. The molecule has 0 aromatic carbocycles. The largest absolute Gasteiger partial charge is 0.467 e. The summed E-state index contributed by atoms with van der Waals surface area (Å²) in [7, 11) is 0. The molecule has 0 bridgehead atoms. The Morgan fingerprint density at radius 3 is 2.11 bits per heavy atom. The van der Waals surface area contributed by atoms with E-state index in [4.69, 9.17) is 8.83 Å². The Morgan fingerprint density at radius 2 is 1.74 bits per heavy atom. The van der Waals surface area contributed by atoms with Crippen molar-refractivity contribution in [2.75, 3.05) is 0 Å². The Kier molecular flexibility index (Phi) is 3.15. The zero-order chi connectivity index (χ0) is 13.2. The first kappa shape index (κ1) is 12.1. The van der Waals surface area contributed by atoms with Gasteiger partial charge in [0.25, 0.3) is 0 Å². The van der Waals surface area contributed by atoms with Crippen molar-refractivity contribution < 1.29 is 13.6 Å². The average molecular weight is 259 g/mol. The van der Waals surface area contributed by atoms with Crippen LogP contribution in [-0.4, -0.2) is 10.8 Å². The van der Waals surface area contributed by atoms with Crippen molar-refractivity contribution in [1.29, 1.82) is 0 Å². The monoisotopic (exact) mass is 259 g/mol. The fourth-order valence-electron chi connectivity index (χ4n) is 2.29. The third kappa shape index (κ3) is 2.72. The van der Waals surface area contributed by atoms with Crippen molar-refractivity contribution in [2.24, 2.45) is 11.8 Å². The molecule has 0 spiro atoms. The number of hydrogen-bond acceptors (Lipinski definition) is 3. The fraction of sp³-hybridized carbons (Fsp3) is 0.400. The van der Waals surface area contributed by atoms with Gasteiger partial charge in [0.05, 0.1) is 25.6 Å². The van der Waals surface area contributed by atoms with E-state index in [1.807, 2.05) is 29.2 Å². The van der Waals surface area contributed by atoms with Gasteiger partial charge in [-0.05, 0) is 36.6 Å². The van der Waals surface area contributed by atoms with Crippen LogP contribution in [0.15, 0.2) is 45.6 Å². The van der Waals surface area contributed by atoms with Gasteiger partial charge in [0.1, 0.15) is 11.5 Å². The summed E-state index contributed by atoms with van der Waals surface area (Å²) in [4.78, 5) is 14.2. The van der Waals surface area contributed by atoms with Crippen LogP contribution in [0.5, 0.6) is 0 Å². The SMILES string of the molecule is CC1CC1C(=O)N(Cc1ccco1)Cc1ccco1. The first-order valence-electron chi connectivity index (χ1n) is 6.57. The van der Waals surface area contributed by atoms with Crippen LogP contribution in [0.4, 0.5) is 0 Å². The molecule has 2 atom stereocenters. The Bertz CT molecular complexity index is 494. The number of nitrogens with zero attached hydrogens (tertiary/aromatic N) is 1. The maximum Gasteiger partial charge on any atom is 0.226 e. The number of carbonyl (C=O) groups is 1. The molecular weight excluding hydrogens is 242 g/mol. The molecule has 19 heavy (non-hydrogen) atoms. The molecule has 2 aromatic heterocycles. The summed E-state index contributed by atoms with van der Waals surface area (Å²) in [6.45, 7) is 3.10. The Balaban J connectivity index is 1.72. The Labute approximate surface area is 112 Å². The third-order valence-electron chi connectivity index (χ3n) is 3.59. The number of carbonyl (C=O) groups excluding carboxylic acids is 1. The molecule has 0 N–H and O–H groups in total. The van der Waals surface area contributed by atoms with Crippen molar-refractivity contribution in [1.82, 2.24) is 4.90 Å². The van der Waals surface area contributed by atoms with Gasteiger partial charge >= 0.3 is 0 Å². The first-order chi connectivity index (χ1) is 9.24. The van der Waals surface area contributed by atoms with Crippen molar-refractivity contribution in [3.63, 3.8) is 0 Å². The number of hydrogen-bond donors (Lipinski definition) is 0. The quantitative estimate of drug-likeness (QED) is 0.829. The molecule has 1 fully saturated rings. The van der Waals surface area contributed by atoms with Crippen LogP contribution < -0.4 is 0 Å². The smallest absolute Gasteiger partial charge is 0.226 e. The van der Waals surface area contributed by atoms with Crippen LogP contribution >= 0.6 is 0 Å². The van der Waals surface area contributed by atoms with Gasteiger partial charge in [0.15, 0.2) is 0 Å². The predicted octanol–water partition coefficient (Wildman–Crippen LogP) is 3.06. The number of amides is 1. The standard InChI is InChI=1S/C15H17NO3/c1-11-8-14(11)15(17)16(9-12-4-2-6-18-12)10-13-5-3-7-19-13/h2-7,11,14H,8-10H2,1H3. The van der Waals surface area contributed by atoms with Crippen molar-refractivity contribution >= 4 is 5.91 Å².